The number of sulfonamides is 1. The molecule has 1 atom stereocenters. The van der Waals surface area contributed by atoms with Gasteiger partial charge in [0.05, 0.1) is 16.9 Å². The van der Waals surface area contributed by atoms with Gasteiger partial charge in [0.2, 0.25) is 10.0 Å². The fourth-order valence-corrected chi connectivity index (χ4v) is 5.84. The summed E-state index contributed by atoms with van der Waals surface area (Å²) < 4.78 is 51.6. The minimum absolute atomic E-state index is 0.0269. The van der Waals surface area contributed by atoms with Crippen molar-refractivity contribution >= 4 is 19.9 Å². The predicted molar refractivity (Wildman–Crippen MR) is 124 cm³/mol. The van der Waals surface area contributed by atoms with Crippen molar-refractivity contribution in [2.24, 2.45) is 11.3 Å². The summed E-state index contributed by atoms with van der Waals surface area (Å²) in [6, 6.07) is 7.23. The van der Waals surface area contributed by atoms with E-state index in [1.54, 1.807) is 18.2 Å². The Morgan fingerprint density at radius 3 is 2.20 bits per heavy atom. The maximum Gasteiger partial charge on any atom is 0.229 e. The molecular weight excluding hydrogens is 418 g/mol. The molecule has 1 aliphatic carbocycles. The highest BCUT2D eigenvalue weighted by atomic mass is 32.2. The van der Waals surface area contributed by atoms with E-state index in [1.807, 2.05) is 25.1 Å². The molecule has 0 saturated carbocycles. The van der Waals surface area contributed by atoms with Crippen LogP contribution in [-0.2, 0) is 25.3 Å². The van der Waals surface area contributed by atoms with Gasteiger partial charge in [0.15, 0.2) is 9.84 Å². The Hall–Kier alpha value is -1.60. The highest BCUT2D eigenvalue weighted by Crippen LogP contribution is 2.39. The standard InChI is InChI=1S/C23H35NO4S2/c1-17-15-19(11-12-21(17)24-29(7,25)26)23(5,6)13-14-30(27,28)20-10-8-9-18(16-20)22(2,3)4/h8-12,16-17,24H,13-15H2,1-7H3. The summed E-state index contributed by atoms with van der Waals surface area (Å²) in [6.07, 6.45) is 6.06. The van der Waals surface area contributed by atoms with E-state index in [-0.39, 0.29) is 22.5 Å². The van der Waals surface area contributed by atoms with E-state index in [4.69, 9.17) is 0 Å². The van der Waals surface area contributed by atoms with Gasteiger partial charge in [0.25, 0.3) is 0 Å². The highest BCUT2D eigenvalue weighted by Gasteiger charge is 2.30. The number of rotatable bonds is 7. The lowest BCUT2D eigenvalue weighted by Gasteiger charge is -2.33. The van der Waals surface area contributed by atoms with E-state index in [9.17, 15) is 16.8 Å². The minimum atomic E-state index is -3.40. The Labute approximate surface area is 182 Å². The third-order valence-electron chi connectivity index (χ3n) is 5.75. The number of hydrogen-bond donors (Lipinski definition) is 1. The van der Waals surface area contributed by atoms with Crippen LogP contribution in [0.25, 0.3) is 0 Å². The molecule has 0 spiro atoms. The lowest BCUT2D eigenvalue weighted by molar-refractivity contribution is 0.394. The van der Waals surface area contributed by atoms with Gasteiger partial charge in [-0.25, -0.2) is 16.8 Å². The van der Waals surface area contributed by atoms with E-state index in [0.29, 0.717) is 23.4 Å². The van der Waals surface area contributed by atoms with Crippen LogP contribution in [0, 0.1) is 11.3 Å². The molecule has 2 rings (SSSR count). The molecule has 30 heavy (non-hydrogen) atoms. The zero-order valence-electron chi connectivity index (χ0n) is 19.1. The van der Waals surface area contributed by atoms with Gasteiger partial charge >= 0.3 is 0 Å². The van der Waals surface area contributed by atoms with Crippen LogP contribution in [0.1, 0.15) is 59.9 Å². The summed E-state index contributed by atoms with van der Waals surface area (Å²) in [7, 11) is -6.71. The van der Waals surface area contributed by atoms with Crippen LogP contribution in [0.4, 0.5) is 0 Å². The maximum absolute atomic E-state index is 13.0. The maximum atomic E-state index is 13.0. The largest absolute Gasteiger partial charge is 0.287 e. The van der Waals surface area contributed by atoms with Crippen LogP contribution in [0.3, 0.4) is 0 Å². The first-order valence-corrected chi connectivity index (χ1v) is 13.8. The normalized spacial score (nSPS) is 18.6. The van der Waals surface area contributed by atoms with Gasteiger partial charge in [-0.3, -0.25) is 4.72 Å². The van der Waals surface area contributed by atoms with Crippen molar-refractivity contribution in [1.29, 1.82) is 0 Å². The highest BCUT2D eigenvalue weighted by molar-refractivity contribution is 7.91. The lowest BCUT2D eigenvalue weighted by atomic mass is 9.75. The zero-order chi connectivity index (χ0) is 23.0. The summed E-state index contributed by atoms with van der Waals surface area (Å²) >= 11 is 0. The van der Waals surface area contributed by atoms with Crippen LogP contribution in [0.2, 0.25) is 0 Å². The van der Waals surface area contributed by atoms with E-state index < -0.39 is 19.9 Å². The van der Waals surface area contributed by atoms with Gasteiger partial charge in [0, 0.05) is 11.6 Å². The molecule has 0 aliphatic heterocycles. The third-order valence-corrected chi connectivity index (χ3v) is 8.07. The summed E-state index contributed by atoms with van der Waals surface area (Å²) in [4.78, 5) is 0.372. The molecule has 0 aromatic heterocycles. The van der Waals surface area contributed by atoms with E-state index in [2.05, 4.69) is 39.3 Å². The Morgan fingerprint density at radius 2 is 1.67 bits per heavy atom. The molecule has 7 heteroatoms. The van der Waals surface area contributed by atoms with Gasteiger partial charge in [-0.2, -0.15) is 0 Å². The van der Waals surface area contributed by atoms with Gasteiger partial charge in [-0.1, -0.05) is 65.3 Å². The summed E-state index contributed by atoms with van der Waals surface area (Å²) in [6.45, 7) is 12.3. The van der Waals surface area contributed by atoms with Crippen molar-refractivity contribution in [2.75, 3.05) is 12.0 Å². The molecule has 0 amide bonds. The molecule has 1 aromatic carbocycles. The molecule has 1 unspecified atom stereocenters. The van der Waals surface area contributed by atoms with Crippen LogP contribution in [0.5, 0.6) is 0 Å². The Balaban J connectivity index is 2.18. The molecule has 0 heterocycles. The first-order valence-electron chi connectivity index (χ1n) is 10.2. The Bertz CT molecular complexity index is 1060. The SMILES string of the molecule is CC1CC(C(C)(C)CCS(=O)(=O)c2cccc(C(C)(C)C)c2)=CC=C1NS(C)(=O)=O. The van der Waals surface area contributed by atoms with Crippen molar-refractivity contribution in [3.63, 3.8) is 0 Å². The molecule has 0 bridgehead atoms. The first-order chi connectivity index (χ1) is 13.5. The zero-order valence-corrected chi connectivity index (χ0v) is 20.7. The molecule has 168 valence electrons. The topological polar surface area (TPSA) is 80.3 Å². The summed E-state index contributed by atoms with van der Waals surface area (Å²) in [5.41, 5.74) is 2.38. The van der Waals surface area contributed by atoms with Gasteiger partial charge < -0.3 is 0 Å². The second kappa shape index (κ2) is 8.50. The van der Waals surface area contributed by atoms with Crippen LogP contribution >= 0.6 is 0 Å². The fourth-order valence-electron chi connectivity index (χ4n) is 3.54. The van der Waals surface area contributed by atoms with Crippen molar-refractivity contribution < 1.29 is 16.8 Å². The average molecular weight is 454 g/mol. The van der Waals surface area contributed by atoms with Crippen molar-refractivity contribution in [1.82, 2.24) is 4.72 Å². The minimum Gasteiger partial charge on any atom is -0.287 e. The molecule has 1 aliphatic rings. The fraction of sp³-hybridized carbons (Fsp3) is 0.565. The molecule has 5 nitrogen and oxygen atoms in total. The molecular formula is C23H35NO4S2. The van der Waals surface area contributed by atoms with Crippen molar-refractivity contribution in [3.8, 4) is 0 Å². The number of hydrogen-bond acceptors (Lipinski definition) is 4. The number of benzene rings is 1. The second-order valence-electron chi connectivity index (χ2n) is 10.0. The van der Waals surface area contributed by atoms with Crippen LogP contribution in [0.15, 0.2) is 52.6 Å². The van der Waals surface area contributed by atoms with Crippen LogP contribution < -0.4 is 4.72 Å². The lowest BCUT2D eigenvalue weighted by Crippen LogP contribution is -2.29. The molecule has 1 N–H and O–H groups in total. The molecule has 1 aromatic rings. The van der Waals surface area contributed by atoms with E-state index in [1.165, 1.54) is 0 Å². The first kappa shape index (κ1) is 24.7. The summed E-state index contributed by atoms with van der Waals surface area (Å²) in [5, 5.41) is 0. The van der Waals surface area contributed by atoms with E-state index in [0.717, 1.165) is 17.4 Å². The van der Waals surface area contributed by atoms with Crippen molar-refractivity contribution in [2.45, 2.75) is 64.7 Å². The van der Waals surface area contributed by atoms with Gasteiger partial charge in [0.1, 0.15) is 0 Å². The number of sulfone groups is 1. The van der Waals surface area contributed by atoms with E-state index >= 15 is 0 Å². The van der Waals surface area contributed by atoms with Crippen LogP contribution in [-0.4, -0.2) is 28.8 Å². The molecule has 0 radical (unpaired) electrons. The smallest absolute Gasteiger partial charge is 0.229 e. The third kappa shape index (κ3) is 6.45. The molecule has 0 saturated heterocycles. The Kier molecular flexibility index (Phi) is 6.99. The average Bonchev–Trinajstić information content (AvgIpc) is 2.60. The number of allylic oxidation sites excluding steroid dienone is 4. The predicted octanol–water partition coefficient (Wildman–Crippen LogP) is 4.57. The molecule has 0 fully saturated rings. The van der Waals surface area contributed by atoms with Gasteiger partial charge in [-0.15, -0.1) is 0 Å². The monoisotopic (exact) mass is 453 g/mol. The summed E-state index contributed by atoms with van der Waals surface area (Å²) in [5.74, 6) is 0.0939. The Morgan fingerprint density at radius 1 is 1.03 bits per heavy atom. The van der Waals surface area contributed by atoms with Crippen molar-refractivity contribution in [3.05, 3.63) is 53.3 Å². The van der Waals surface area contributed by atoms with Gasteiger partial charge in [-0.05, 0) is 47.4 Å². The number of nitrogens with one attached hydrogen (secondary N) is 1. The second-order valence-corrected chi connectivity index (χ2v) is 13.9. The quantitative estimate of drug-likeness (QED) is 0.656.